The van der Waals surface area contributed by atoms with Crippen LogP contribution < -0.4 is 0 Å². The van der Waals surface area contributed by atoms with Crippen LogP contribution in [0.25, 0.3) is 0 Å². The Morgan fingerprint density at radius 1 is 1.00 bits per heavy atom. The highest BCUT2D eigenvalue weighted by atomic mass is 16.5. The maximum Gasteiger partial charge on any atom is 0.139 e. The van der Waals surface area contributed by atoms with Crippen LogP contribution in [0.5, 0.6) is 0 Å². The molecule has 5 saturated carbocycles. The number of hydrogen-bond donors (Lipinski definition) is 1. The third kappa shape index (κ3) is 2.63. The molecule has 0 heterocycles. The lowest BCUT2D eigenvalue weighted by Gasteiger charge is -2.63. The van der Waals surface area contributed by atoms with Crippen LogP contribution in [0.15, 0.2) is 0 Å². The largest absolute Gasteiger partial charge is 0.387 e. The molecule has 3 nitrogen and oxygen atoms in total. The van der Waals surface area contributed by atoms with Crippen LogP contribution >= 0.6 is 0 Å². The third-order valence-corrected chi connectivity index (χ3v) is 10.0. The predicted molar refractivity (Wildman–Crippen MR) is 105 cm³/mol. The first-order valence-electron chi connectivity index (χ1n) is 11.8. The molecular formula is C24H38O3. The Morgan fingerprint density at radius 3 is 2.52 bits per heavy atom. The van der Waals surface area contributed by atoms with E-state index in [0.29, 0.717) is 36.2 Å². The fourth-order valence-electron chi connectivity index (χ4n) is 8.67. The van der Waals surface area contributed by atoms with E-state index < -0.39 is 5.60 Å². The van der Waals surface area contributed by atoms with Crippen LogP contribution in [0.4, 0.5) is 0 Å². The Balaban J connectivity index is 1.43. The van der Waals surface area contributed by atoms with Crippen molar-refractivity contribution in [3.8, 4) is 0 Å². The molecule has 0 aromatic rings. The Hall–Kier alpha value is -0.410. The first kappa shape index (κ1) is 18.6. The molecule has 5 fully saturated rings. The maximum absolute atomic E-state index is 12.7. The molecule has 152 valence electrons. The van der Waals surface area contributed by atoms with E-state index in [9.17, 15) is 9.90 Å². The molecule has 5 aliphatic rings. The standard InChI is InChI=1S/C24H38O3/c1-3-27-15-23(26)12-13-24(16-4-5-16)17(14-23)6-7-18-19-8-9-21(25)22(19,2)11-10-20(18)24/h16-20,26H,3-15H2,1-2H3/t17-,18+,19+,20+,22+,23-,24-/m1/s1. The second-order valence-corrected chi connectivity index (χ2v) is 11.0. The molecule has 0 amide bonds. The average Bonchev–Trinajstić information content (AvgIpc) is 3.46. The molecule has 0 unspecified atom stereocenters. The predicted octanol–water partition coefficient (Wildman–Crippen LogP) is 4.76. The normalized spacial score (nSPS) is 52.2. The highest BCUT2D eigenvalue weighted by Crippen LogP contribution is 2.71. The van der Waals surface area contributed by atoms with Crippen molar-refractivity contribution in [2.45, 2.75) is 90.1 Å². The summed E-state index contributed by atoms with van der Waals surface area (Å²) in [5, 5.41) is 11.2. The van der Waals surface area contributed by atoms with Gasteiger partial charge in [-0.05, 0) is 106 Å². The topological polar surface area (TPSA) is 46.5 Å². The monoisotopic (exact) mass is 374 g/mol. The summed E-state index contributed by atoms with van der Waals surface area (Å²) in [6.07, 6.45) is 12.8. The number of ketones is 1. The van der Waals surface area contributed by atoms with Gasteiger partial charge in [0.05, 0.1) is 12.2 Å². The van der Waals surface area contributed by atoms with Crippen LogP contribution in [0.2, 0.25) is 0 Å². The molecule has 0 aromatic heterocycles. The SMILES string of the molecule is CCOC[C@@]1(O)CC[C@@]2(C3CC3)[C@H](CC[C@@H]3[C@@H]2CC[C@]2(C)C(=O)CC[C@@H]32)C1. The van der Waals surface area contributed by atoms with E-state index >= 15 is 0 Å². The summed E-state index contributed by atoms with van der Waals surface area (Å²) in [4.78, 5) is 12.7. The van der Waals surface area contributed by atoms with Crippen LogP contribution in [0.1, 0.15) is 84.5 Å². The highest BCUT2D eigenvalue weighted by Gasteiger charge is 2.65. The van der Waals surface area contributed by atoms with E-state index in [1.165, 1.54) is 38.5 Å². The summed E-state index contributed by atoms with van der Waals surface area (Å²) < 4.78 is 5.67. The number of rotatable bonds is 4. The van der Waals surface area contributed by atoms with Crippen molar-refractivity contribution in [2.24, 2.45) is 40.4 Å². The lowest BCUT2D eigenvalue weighted by atomic mass is 9.42. The van der Waals surface area contributed by atoms with E-state index in [-0.39, 0.29) is 5.41 Å². The van der Waals surface area contributed by atoms with Gasteiger partial charge in [0.2, 0.25) is 0 Å². The van der Waals surface area contributed by atoms with Crippen molar-refractivity contribution in [1.29, 1.82) is 0 Å². The summed E-state index contributed by atoms with van der Waals surface area (Å²) in [6, 6.07) is 0. The summed E-state index contributed by atoms with van der Waals surface area (Å²) in [7, 11) is 0. The van der Waals surface area contributed by atoms with Crippen LogP contribution in [-0.2, 0) is 9.53 Å². The van der Waals surface area contributed by atoms with Crippen molar-refractivity contribution < 1.29 is 14.6 Å². The van der Waals surface area contributed by atoms with Gasteiger partial charge in [0.15, 0.2) is 0 Å². The number of ether oxygens (including phenoxy) is 1. The van der Waals surface area contributed by atoms with Crippen molar-refractivity contribution in [3.63, 3.8) is 0 Å². The molecule has 0 aromatic carbocycles. The minimum absolute atomic E-state index is 0.0108. The third-order valence-electron chi connectivity index (χ3n) is 10.0. The number of aliphatic hydroxyl groups is 1. The van der Waals surface area contributed by atoms with Crippen LogP contribution in [-0.4, -0.2) is 29.7 Å². The Labute approximate surface area is 164 Å². The first-order valence-corrected chi connectivity index (χ1v) is 11.8. The highest BCUT2D eigenvalue weighted by molar-refractivity contribution is 5.87. The molecule has 0 saturated heterocycles. The number of hydrogen-bond acceptors (Lipinski definition) is 3. The molecular weight excluding hydrogens is 336 g/mol. The molecule has 5 rings (SSSR count). The minimum Gasteiger partial charge on any atom is -0.387 e. The molecule has 3 heteroatoms. The average molecular weight is 375 g/mol. The zero-order valence-corrected chi connectivity index (χ0v) is 17.3. The Kier molecular flexibility index (Phi) is 4.34. The first-order chi connectivity index (χ1) is 12.9. The Bertz CT molecular complexity index is 613. The smallest absolute Gasteiger partial charge is 0.139 e. The van der Waals surface area contributed by atoms with E-state index in [2.05, 4.69) is 6.92 Å². The number of Topliss-reactive ketones (excluding diaryl/α,β-unsaturated/α-hetero) is 1. The lowest BCUT2D eigenvalue weighted by Crippen LogP contribution is -2.58. The fourth-order valence-corrected chi connectivity index (χ4v) is 8.67. The fraction of sp³-hybridized carbons (Fsp3) is 0.958. The summed E-state index contributed by atoms with van der Waals surface area (Å²) in [5.74, 6) is 4.35. The van der Waals surface area contributed by atoms with Gasteiger partial charge in [0.25, 0.3) is 0 Å². The summed E-state index contributed by atoms with van der Waals surface area (Å²) in [6.45, 7) is 5.53. The van der Waals surface area contributed by atoms with Crippen molar-refractivity contribution in [2.75, 3.05) is 13.2 Å². The lowest BCUT2D eigenvalue weighted by molar-refractivity contribution is -0.178. The number of fused-ring (bicyclic) bond motifs is 5. The zero-order valence-electron chi connectivity index (χ0n) is 17.3. The maximum atomic E-state index is 12.7. The number of carbonyl (C=O) groups is 1. The number of carbonyl (C=O) groups excluding carboxylic acids is 1. The van der Waals surface area contributed by atoms with Crippen molar-refractivity contribution in [3.05, 3.63) is 0 Å². The summed E-state index contributed by atoms with van der Waals surface area (Å²) >= 11 is 0. The summed E-state index contributed by atoms with van der Waals surface area (Å²) in [5.41, 5.74) is -0.143. The van der Waals surface area contributed by atoms with E-state index in [1.54, 1.807) is 0 Å². The zero-order chi connectivity index (χ0) is 18.9. The van der Waals surface area contributed by atoms with Crippen LogP contribution in [0, 0.1) is 40.4 Å². The van der Waals surface area contributed by atoms with Gasteiger partial charge < -0.3 is 9.84 Å². The van der Waals surface area contributed by atoms with Crippen LogP contribution in [0.3, 0.4) is 0 Å². The van der Waals surface area contributed by atoms with Crippen molar-refractivity contribution in [1.82, 2.24) is 0 Å². The van der Waals surface area contributed by atoms with E-state index in [4.69, 9.17) is 4.74 Å². The molecule has 5 aliphatic carbocycles. The molecule has 0 spiro atoms. The molecule has 27 heavy (non-hydrogen) atoms. The molecule has 0 bridgehead atoms. The molecule has 7 atom stereocenters. The van der Waals surface area contributed by atoms with Gasteiger partial charge in [0.1, 0.15) is 5.78 Å². The molecule has 1 N–H and O–H groups in total. The van der Waals surface area contributed by atoms with Crippen molar-refractivity contribution >= 4 is 5.78 Å². The van der Waals surface area contributed by atoms with Gasteiger partial charge in [-0.1, -0.05) is 6.92 Å². The van der Waals surface area contributed by atoms with Gasteiger partial charge in [-0.15, -0.1) is 0 Å². The van der Waals surface area contributed by atoms with E-state index in [1.807, 2.05) is 6.92 Å². The molecule has 0 radical (unpaired) electrons. The quantitative estimate of drug-likeness (QED) is 0.772. The second-order valence-electron chi connectivity index (χ2n) is 11.0. The Morgan fingerprint density at radius 2 is 1.78 bits per heavy atom. The molecule has 0 aliphatic heterocycles. The van der Waals surface area contributed by atoms with Gasteiger partial charge in [0, 0.05) is 18.4 Å². The minimum atomic E-state index is -0.599. The van der Waals surface area contributed by atoms with Gasteiger partial charge in [-0.3, -0.25) is 4.79 Å². The van der Waals surface area contributed by atoms with Gasteiger partial charge in [-0.25, -0.2) is 0 Å². The van der Waals surface area contributed by atoms with Gasteiger partial charge >= 0.3 is 0 Å². The van der Waals surface area contributed by atoms with Gasteiger partial charge in [-0.2, -0.15) is 0 Å². The second kappa shape index (κ2) is 6.29. The van der Waals surface area contributed by atoms with E-state index in [0.717, 1.165) is 49.9 Å².